The molecule has 0 aromatic heterocycles. The maximum Gasteiger partial charge on any atom is 0.118 e. The van der Waals surface area contributed by atoms with Crippen LogP contribution in [-0.2, 0) is 6.42 Å². The molecule has 19 heavy (non-hydrogen) atoms. The summed E-state index contributed by atoms with van der Waals surface area (Å²) in [6, 6.07) is 8.32. The molecule has 0 saturated carbocycles. The largest absolute Gasteiger partial charge is 0.497 e. The van der Waals surface area contributed by atoms with Crippen molar-refractivity contribution in [2.24, 2.45) is 0 Å². The Bertz CT molecular complexity index is 503. The van der Waals surface area contributed by atoms with E-state index in [1.807, 2.05) is 12.1 Å². The number of allylic oxidation sites excluding steroid dienone is 5. The third-order valence-electron chi connectivity index (χ3n) is 3.70. The Kier molecular flexibility index (Phi) is 4.62. The Morgan fingerprint density at radius 3 is 2.47 bits per heavy atom. The minimum Gasteiger partial charge on any atom is -0.497 e. The van der Waals surface area contributed by atoms with E-state index in [0.717, 1.165) is 31.4 Å². The van der Waals surface area contributed by atoms with Gasteiger partial charge in [-0.05, 0) is 54.5 Å². The second-order valence-corrected chi connectivity index (χ2v) is 4.96. The van der Waals surface area contributed by atoms with Crippen LogP contribution in [0.5, 0.6) is 5.75 Å². The van der Waals surface area contributed by atoms with E-state index >= 15 is 0 Å². The monoisotopic (exact) mass is 254 g/mol. The van der Waals surface area contributed by atoms with Crippen LogP contribution in [0.25, 0.3) is 0 Å². The summed E-state index contributed by atoms with van der Waals surface area (Å²) in [5.41, 5.74) is 5.42. The molecular weight excluding hydrogens is 232 g/mol. The van der Waals surface area contributed by atoms with E-state index < -0.39 is 0 Å². The molecule has 0 radical (unpaired) electrons. The summed E-state index contributed by atoms with van der Waals surface area (Å²) in [6.07, 6.45) is 8.94. The van der Waals surface area contributed by atoms with Gasteiger partial charge in [-0.25, -0.2) is 0 Å². The van der Waals surface area contributed by atoms with Gasteiger partial charge >= 0.3 is 0 Å². The molecule has 0 bridgehead atoms. The smallest absolute Gasteiger partial charge is 0.118 e. The molecule has 0 fully saturated rings. The molecule has 0 spiro atoms. The van der Waals surface area contributed by atoms with Crippen molar-refractivity contribution in [3.05, 3.63) is 65.3 Å². The van der Waals surface area contributed by atoms with Crippen LogP contribution in [0.2, 0.25) is 0 Å². The Balaban J connectivity index is 1.92. The van der Waals surface area contributed by atoms with E-state index in [1.54, 1.807) is 7.11 Å². The highest BCUT2D eigenvalue weighted by molar-refractivity contribution is 5.44. The zero-order valence-corrected chi connectivity index (χ0v) is 11.9. The highest BCUT2D eigenvalue weighted by atomic mass is 16.5. The van der Waals surface area contributed by atoms with E-state index in [1.165, 1.54) is 22.3 Å². The molecule has 100 valence electrons. The molecule has 1 aromatic rings. The van der Waals surface area contributed by atoms with Crippen LogP contribution in [0.1, 0.15) is 31.7 Å². The average molecular weight is 254 g/mol. The van der Waals surface area contributed by atoms with Crippen molar-refractivity contribution in [2.75, 3.05) is 7.11 Å². The lowest BCUT2D eigenvalue weighted by molar-refractivity contribution is 0.414. The summed E-state index contributed by atoms with van der Waals surface area (Å²) in [5.74, 6) is 0.917. The summed E-state index contributed by atoms with van der Waals surface area (Å²) in [5, 5.41) is 0. The zero-order valence-electron chi connectivity index (χ0n) is 11.9. The predicted molar refractivity (Wildman–Crippen MR) is 81.5 cm³/mol. The average Bonchev–Trinajstić information content (AvgIpc) is 2.46. The number of rotatable bonds is 5. The van der Waals surface area contributed by atoms with Crippen molar-refractivity contribution in [3.8, 4) is 5.75 Å². The molecule has 1 aromatic carbocycles. The van der Waals surface area contributed by atoms with Gasteiger partial charge in [0, 0.05) is 0 Å². The van der Waals surface area contributed by atoms with Crippen molar-refractivity contribution in [3.63, 3.8) is 0 Å². The first kappa shape index (κ1) is 13.7. The summed E-state index contributed by atoms with van der Waals surface area (Å²) in [7, 11) is 1.70. The molecule has 0 unspecified atom stereocenters. The fraction of sp³-hybridized carbons (Fsp3) is 0.333. The number of benzene rings is 1. The van der Waals surface area contributed by atoms with Crippen molar-refractivity contribution in [1.82, 2.24) is 0 Å². The normalized spacial score (nSPS) is 14.9. The van der Waals surface area contributed by atoms with Crippen LogP contribution in [0.3, 0.4) is 0 Å². The molecular formula is C18H22O. The zero-order chi connectivity index (χ0) is 13.7. The predicted octanol–water partition coefficient (Wildman–Crippen LogP) is 4.85. The molecule has 0 saturated heterocycles. The van der Waals surface area contributed by atoms with Gasteiger partial charge in [0.2, 0.25) is 0 Å². The molecule has 1 aliphatic carbocycles. The van der Waals surface area contributed by atoms with E-state index in [0.29, 0.717) is 0 Å². The molecule has 1 aliphatic rings. The fourth-order valence-corrected chi connectivity index (χ4v) is 2.36. The standard InChI is InChI=1S/C18H22O/c1-4-15-5-9-17(14(2)13-15)10-6-16-7-11-18(19-3)12-8-16/h7-9,11-13H,2,4-6,10H2,1,3H3. The second kappa shape index (κ2) is 6.42. The summed E-state index contributed by atoms with van der Waals surface area (Å²) >= 11 is 0. The van der Waals surface area contributed by atoms with Gasteiger partial charge in [-0.2, -0.15) is 0 Å². The highest BCUT2D eigenvalue weighted by Gasteiger charge is 2.08. The van der Waals surface area contributed by atoms with E-state index in [9.17, 15) is 0 Å². The van der Waals surface area contributed by atoms with Gasteiger partial charge in [0.25, 0.3) is 0 Å². The van der Waals surface area contributed by atoms with Gasteiger partial charge in [0.1, 0.15) is 5.75 Å². The van der Waals surface area contributed by atoms with Gasteiger partial charge in [-0.1, -0.05) is 43.4 Å². The lowest BCUT2D eigenvalue weighted by Gasteiger charge is -2.15. The van der Waals surface area contributed by atoms with Crippen LogP contribution < -0.4 is 4.74 Å². The maximum atomic E-state index is 5.17. The molecule has 0 amide bonds. The van der Waals surface area contributed by atoms with Crippen LogP contribution in [0.15, 0.2) is 59.7 Å². The van der Waals surface area contributed by atoms with E-state index in [2.05, 4.69) is 37.8 Å². The first-order valence-electron chi connectivity index (χ1n) is 6.93. The van der Waals surface area contributed by atoms with Crippen molar-refractivity contribution >= 4 is 0 Å². The van der Waals surface area contributed by atoms with Gasteiger partial charge in [-0.3, -0.25) is 0 Å². The van der Waals surface area contributed by atoms with Crippen LogP contribution in [0.4, 0.5) is 0 Å². The second-order valence-electron chi connectivity index (χ2n) is 4.96. The molecule has 2 rings (SSSR count). The SMILES string of the molecule is C=C1C=C(CC)CC=C1CCc1ccc(OC)cc1. The van der Waals surface area contributed by atoms with Crippen LogP contribution in [-0.4, -0.2) is 7.11 Å². The highest BCUT2D eigenvalue weighted by Crippen LogP contribution is 2.26. The molecule has 0 N–H and O–H groups in total. The van der Waals surface area contributed by atoms with E-state index in [4.69, 9.17) is 4.74 Å². The number of hydrogen-bond acceptors (Lipinski definition) is 1. The lowest BCUT2D eigenvalue weighted by Crippen LogP contribution is -1.97. The Labute approximate surface area is 116 Å². The van der Waals surface area contributed by atoms with Gasteiger partial charge in [0.05, 0.1) is 7.11 Å². The molecule has 0 aliphatic heterocycles. The fourth-order valence-electron chi connectivity index (χ4n) is 2.36. The van der Waals surface area contributed by atoms with Crippen molar-refractivity contribution in [2.45, 2.75) is 32.6 Å². The minimum atomic E-state index is 0.917. The number of ether oxygens (including phenoxy) is 1. The summed E-state index contributed by atoms with van der Waals surface area (Å²) < 4.78 is 5.17. The van der Waals surface area contributed by atoms with Crippen molar-refractivity contribution < 1.29 is 4.74 Å². The van der Waals surface area contributed by atoms with Gasteiger partial charge in [-0.15, -0.1) is 0 Å². The number of aryl methyl sites for hydroxylation is 1. The topological polar surface area (TPSA) is 9.23 Å². The Morgan fingerprint density at radius 2 is 1.89 bits per heavy atom. The first-order valence-corrected chi connectivity index (χ1v) is 6.93. The third-order valence-corrected chi connectivity index (χ3v) is 3.70. The number of methoxy groups -OCH3 is 1. The third kappa shape index (κ3) is 3.60. The summed E-state index contributed by atoms with van der Waals surface area (Å²) in [4.78, 5) is 0. The van der Waals surface area contributed by atoms with Crippen molar-refractivity contribution in [1.29, 1.82) is 0 Å². The Hall–Kier alpha value is -1.76. The molecule has 1 nitrogen and oxygen atoms in total. The quantitative estimate of drug-likeness (QED) is 0.729. The lowest BCUT2D eigenvalue weighted by atomic mass is 9.90. The first-order chi connectivity index (χ1) is 9.22. The van der Waals surface area contributed by atoms with E-state index in [-0.39, 0.29) is 0 Å². The molecule has 1 heteroatoms. The minimum absolute atomic E-state index is 0.917. The van der Waals surface area contributed by atoms with Gasteiger partial charge < -0.3 is 4.74 Å². The molecule has 0 heterocycles. The number of hydrogen-bond donors (Lipinski definition) is 0. The maximum absolute atomic E-state index is 5.17. The van der Waals surface area contributed by atoms with Crippen LogP contribution >= 0.6 is 0 Å². The Morgan fingerprint density at radius 1 is 1.16 bits per heavy atom. The van der Waals surface area contributed by atoms with Crippen LogP contribution in [0, 0.1) is 0 Å². The molecule has 0 atom stereocenters. The van der Waals surface area contributed by atoms with Gasteiger partial charge in [0.15, 0.2) is 0 Å². The summed E-state index contributed by atoms with van der Waals surface area (Å²) in [6.45, 7) is 6.37.